The summed E-state index contributed by atoms with van der Waals surface area (Å²) in [7, 11) is 3.21. The fourth-order valence-corrected chi connectivity index (χ4v) is 8.10. The third-order valence-electron chi connectivity index (χ3n) is 9.50. The SMILES string of the molecule is COC(=O)CC1CC2N(C)C(=O)C(C(=O)O)C[C@]2(C)[C@@H]2CC[C@]3(C)CCC[C@H]3[C@H]12. The quantitative estimate of drug-likeness (QED) is 0.575. The fraction of sp³-hybridized carbons (Fsp3) is 0.870. The van der Waals surface area contributed by atoms with Gasteiger partial charge in [-0.1, -0.05) is 20.3 Å². The number of carboxylic acid groups (broad SMARTS) is 1. The number of nitrogens with zero attached hydrogens (tertiary/aromatic N) is 1. The van der Waals surface area contributed by atoms with E-state index < -0.39 is 11.9 Å². The van der Waals surface area contributed by atoms with Crippen molar-refractivity contribution in [2.75, 3.05) is 14.2 Å². The van der Waals surface area contributed by atoms with Crippen LogP contribution in [0.1, 0.15) is 65.2 Å². The van der Waals surface area contributed by atoms with Gasteiger partial charge in [0.15, 0.2) is 0 Å². The lowest BCUT2D eigenvalue weighted by Gasteiger charge is -2.64. The van der Waals surface area contributed by atoms with Crippen LogP contribution < -0.4 is 0 Å². The first-order valence-electron chi connectivity index (χ1n) is 11.2. The fourth-order valence-electron chi connectivity index (χ4n) is 8.10. The number of hydrogen-bond donors (Lipinski definition) is 1. The van der Waals surface area contributed by atoms with Crippen molar-refractivity contribution in [2.45, 2.75) is 71.3 Å². The highest BCUT2D eigenvalue weighted by molar-refractivity contribution is 5.97. The van der Waals surface area contributed by atoms with Crippen molar-refractivity contribution < 1.29 is 24.2 Å². The van der Waals surface area contributed by atoms with Gasteiger partial charge in [-0.3, -0.25) is 14.4 Å². The lowest BCUT2D eigenvalue weighted by atomic mass is 9.44. The predicted octanol–water partition coefficient (Wildman–Crippen LogP) is 3.34. The average molecular weight is 406 g/mol. The third-order valence-corrected chi connectivity index (χ3v) is 9.50. The molecule has 4 rings (SSSR count). The summed E-state index contributed by atoms with van der Waals surface area (Å²) in [6, 6.07) is -0.00716. The van der Waals surface area contributed by atoms with Crippen molar-refractivity contribution in [3.63, 3.8) is 0 Å². The van der Waals surface area contributed by atoms with Gasteiger partial charge in [-0.2, -0.15) is 0 Å². The highest BCUT2D eigenvalue weighted by Crippen LogP contribution is 2.66. The Bertz CT molecular complexity index is 722. The van der Waals surface area contributed by atoms with Crippen molar-refractivity contribution in [2.24, 2.45) is 40.4 Å². The standard InChI is InChI=1S/C23H35NO5/c1-22-8-5-6-15(22)19-13(11-18(25)29-4)10-17-23(2,16(19)7-9-22)12-14(21(27)28)20(26)24(17)3/h13-17,19H,5-12H2,1-4H3,(H,27,28)/t13?,14?,15-,16+,17?,19-,22-,23+/m0/s1. The van der Waals surface area contributed by atoms with Gasteiger partial charge in [-0.05, 0) is 73.0 Å². The Hall–Kier alpha value is -1.59. The van der Waals surface area contributed by atoms with Crippen molar-refractivity contribution in [1.82, 2.24) is 4.90 Å². The molecular formula is C23H35NO5. The van der Waals surface area contributed by atoms with E-state index in [2.05, 4.69) is 13.8 Å². The minimum atomic E-state index is -1.00. The van der Waals surface area contributed by atoms with Gasteiger partial charge in [0.1, 0.15) is 5.92 Å². The zero-order valence-electron chi connectivity index (χ0n) is 18.1. The van der Waals surface area contributed by atoms with Gasteiger partial charge in [0.05, 0.1) is 7.11 Å². The second kappa shape index (κ2) is 6.98. The van der Waals surface area contributed by atoms with Crippen LogP contribution in [0, 0.1) is 40.4 Å². The summed E-state index contributed by atoms with van der Waals surface area (Å²) in [5.41, 5.74) is 0.119. The number of hydrogen-bond acceptors (Lipinski definition) is 4. The number of carbonyl (C=O) groups excluding carboxylic acids is 2. The lowest BCUT2D eigenvalue weighted by molar-refractivity contribution is -0.183. The molecule has 6 heteroatoms. The molecule has 3 unspecified atom stereocenters. The third kappa shape index (κ3) is 3.00. The summed E-state index contributed by atoms with van der Waals surface area (Å²) < 4.78 is 5.03. The van der Waals surface area contributed by atoms with Gasteiger partial charge in [0.25, 0.3) is 0 Å². The molecule has 1 amide bonds. The van der Waals surface area contributed by atoms with Crippen LogP contribution in [0.3, 0.4) is 0 Å². The number of esters is 1. The molecule has 0 aromatic rings. The molecule has 0 radical (unpaired) electrons. The molecule has 3 saturated carbocycles. The van der Waals surface area contributed by atoms with Crippen LogP contribution in [-0.2, 0) is 19.1 Å². The normalized spacial score (nSPS) is 46.5. The molecule has 0 aromatic carbocycles. The molecule has 29 heavy (non-hydrogen) atoms. The number of fused-ring (bicyclic) bond motifs is 5. The van der Waals surface area contributed by atoms with Gasteiger partial charge in [-0.25, -0.2) is 0 Å². The Balaban J connectivity index is 1.75. The highest BCUT2D eigenvalue weighted by atomic mass is 16.5. The molecule has 0 bridgehead atoms. The van der Waals surface area contributed by atoms with Gasteiger partial charge in [0.2, 0.25) is 5.91 Å². The lowest BCUT2D eigenvalue weighted by Crippen LogP contribution is -2.66. The topological polar surface area (TPSA) is 83.9 Å². The monoisotopic (exact) mass is 405 g/mol. The number of carbonyl (C=O) groups is 3. The van der Waals surface area contributed by atoms with Crippen molar-refractivity contribution >= 4 is 17.8 Å². The summed E-state index contributed by atoms with van der Waals surface area (Å²) in [4.78, 5) is 38.6. The molecule has 1 heterocycles. The van der Waals surface area contributed by atoms with Crippen LogP contribution in [0.4, 0.5) is 0 Å². The Labute approximate surface area is 173 Å². The first-order valence-corrected chi connectivity index (χ1v) is 11.2. The number of methoxy groups -OCH3 is 1. The number of ether oxygens (including phenoxy) is 1. The molecule has 1 saturated heterocycles. The molecule has 162 valence electrons. The second-order valence-electron chi connectivity index (χ2n) is 10.7. The largest absolute Gasteiger partial charge is 0.481 e. The van der Waals surface area contributed by atoms with Crippen LogP contribution in [0.2, 0.25) is 0 Å². The number of rotatable bonds is 3. The van der Waals surface area contributed by atoms with E-state index in [4.69, 9.17) is 4.74 Å². The van der Waals surface area contributed by atoms with E-state index in [9.17, 15) is 19.5 Å². The second-order valence-corrected chi connectivity index (χ2v) is 10.7. The molecule has 3 aliphatic carbocycles. The minimum Gasteiger partial charge on any atom is -0.481 e. The van der Waals surface area contributed by atoms with Crippen molar-refractivity contribution in [3.05, 3.63) is 0 Å². The Morgan fingerprint density at radius 3 is 2.59 bits per heavy atom. The van der Waals surface area contributed by atoms with E-state index in [0.717, 1.165) is 12.8 Å². The molecule has 1 aliphatic heterocycles. The summed E-state index contributed by atoms with van der Waals surface area (Å²) >= 11 is 0. The molecular weight excluding hydrogens is 370 g/mol. The van der Waals surface area contributed by atoms with Gasteiger partial charge >= 0.3 is 11.9 Å². The smallest absolute Gasteiger partial charge is 0.316 e. The van der Waals surface area contributed by atoms with E-state index in [1.54, 1.807) is 11.9 Å². The maximum Gasteiger partial charge on any atom is 0.316 e. The zero-order valence-corrected chi connectivity index (χ0v) is 18.1. The molecule has 8 atom stereocenters. The molecule has 4 aliphatic rings. The zero-order chi connectivity index (χ0) is 21.1. The Morgan fingerprint density at radius 1 is 1.21 bits per heavy atom. The number of piperidine rings is 1. The van der Waals surface area contributed by atoms with Crippen LogP contribution >= 0.6 is 0 Å². The summed E-state index contributed by atoms with van der Waals surface area (Å²) in [6.07, 6.45) is 7.53. The molecule has 0 spiro atoms. The van der Waals surface area contributed by atoms with Crippen molar-refractivity contribution in [1.29, 1.82) is 0 Å². The van der Waals surface area contributed by atoms with E-state index in [1.165, 1.54) is 32.8 Å². The maximum absolute atomic E-state index is 12.8. The van der Waals surface area contributed by atoms with Gasteiger partial charge in [0, 0.05) is 19.5 Å². The summed E-state index contributed by atoms with van der Waals surface area (Å²) in [5, 5.41) is 9.71. The van der Waals surface area contributed by atoms with Gasteiger partial charge < -0.3 is 14.7 Å². The highest BCUT2D eigenvalue weighted by Gasteiger charge is 2.63. The molecule has 0 aromatic heterocycles. The minimum absolute atomic E-state index is 0.00716. The maximum atomic E-state index is 12.8. The van der Waals surface area contributed by atoms with E-state index in [0.29, 0.717) is 36.0 Å². The number of likely N-dealkylation sites (tertiary alicyclic amines) is 1. The molecule has 1 N–H and O–H groups in total. The Morgan fingerprint density at radius 2 is 1.93 bits per heavy atom. The van der Waals surface area contributed by atoms with Gasteiger partial charge in [-0.15, -0.1) is 0 Å². The van der Waals surface area contributed by atoms with Crippen LogP contribution in [-0.4, -0.2) is 48.1 Å². The van der Waals surface area contributed by atoms with Crippen LogP contribution in [0.25, 0.3) is 0 Å². The number of aliphatic carboxylic acids is 1. The Kier molecular flexibility index (Phi) is 4.98. The van der Waals surface area contributed by atoms with Crippen LogP contribution in [0.5, 0.6) is 0 Å². The van der Waals surface area contributed by atoms with Crippen molar-refractivity contribution in [3.8, 4) is 0 Å². The van der Waals surface area contributed by atoms with E-state index in [1.807, 2.05) is 0 Å². The number of carboxylic acids is 1. The molecule has 6 nitrogen and oxygen atoms in total. The first kappa shape index (κ1) is 20.7. The summed E-state index contributed by atoms with van der Waals surface area (Å²) in [6.45, 7) is 4.64. The van der Waals surface area contributed by atoms with E-state index >= 15 is 0 Å². The number of amides is 1. The first-order chi connectivity index (χ1) is 13.6. The predicted molar refractivity (Wildman–Crippen MR) is 107 cm³/mol. The van der Waals surface area contributed by atoms with Crippen LogP contribution in [0.15, 0.2) is 0 Å². The average Bonchev–Trinajstić information content (AvgIpc) is 3.07. The molecule has 4 fully saturated rings. The van der Waals surface area contributed by atoms with E-state index in [-0.39, 0.29) is 29.3 Å². The summed E-state index contributed by atoms with van der Waals surface area (Å²) in [5.74, 6) is -0.860.